The van der Waals surface area contributed by atoms with E-state index in [1.807, 2.05) is 24.3 Å². The molecule has 2 amide bonds. The van der Waals surface area contributed by atoms with Gasteiger partial charge in [0.1, 0.15) is 0 Å². The van der Waals surface area contributed by atoms with Crippen LogP contribution >= 0.6 is 0 Å². The van der Waals surface area contributed by atoms with Gasteiger partial charge in [0.25, 0.3) is 5.91 Å². The van der Waals surface area contributed by atoms with Gasteiger partial charge in [-0.25, -0.2) is 0 Å². The Bertz CT molecular complexity index is 902. The summed E-state index contributed by atoms with van der Waals surface area (Å²) in [5.74, 6) is -0.794. The number of carbonyl (C=O) groups is 3. The predicted octanol–water partition coefficient (Wildman–Crippen LogP) is 4.71. The molecule has 0 unspecified atom stereocenters. The number of anilines is 2. The highest BCUT2D eigenvalue weighted by Crippen LogP contribution is 2.23. The van der Waals surface area contributed by atoms with Crippen LogP contribution in [0.25, 0.3) is 0 Å². The van der Waals surface area contributed by atoms with E-state index >= 15 is 0 Å². The van der Waals surface area contributed by atoms with Crippen molar-refractivity contribution in [3.63, 3.8) is 0 Å². The number of hydrogen-bond donors (Lipinski definition) is 2. The first-order valence-electron chi connectivity index (χ1n) is 9.08. The van der Waals surface area contributed by atoms with Crippen LogP contribution in [0.5, 0.6) is 0 Å². The van der Waals surface area contributed by atoms with Gasteiger partial charge in [-0.15, -0.1) is 0 Å². The Morgan fingerprint density at radius 3 is 1.79 bits per heavy atom. The van der Waals surface area contributed by atoms with E-state index < -0.39 is 5.91 Å². The molecule has 5 nitrogen and oxygen atoms in total. The highest BCUT2D eigenvalue weighted by molar-refractivity contribution is 6.10. The van der Waals surface area contributed by atoms with E-state index in [4.69, 9.17) is 0 Å². The van der Waals surface area contributed by atoms with Crippen LogP contribution in [0, 0.1) is 0 Å². The molecule has 2 N–H and O–H groups in total. The number of Topliss-reactive ketones (excluding diaryl/α,β-unsaturated/α-hetero) is 1. The molecule has 0 saturated heterocycles. The molecule has 28 heavy (non-hydrogen) atoms. The molecule has 0 saturated carbocycles. The third-order valence-corrected chi connectivity index (χ3v) is 4.27. The van der Waals surface area contributed by atoms with Gasteiger partial charge in [-0.05, 0) is 61.2 Å². The quantitative estimate of drug-likeness (QED) is 0.584. The van der Waals surface area contributed by atoms with Gasteiger partial charge in [0, 0.05) is 28.6 Å². The van der Waals surface area contributed by atoms with Crippen LogP contribution in [-0.2, 0) is 15.0 Å². The molecule has 0 aliphatic rings. The van der Waals surface area contributed by atoms with Crippen molar-refractivity contribution in [1.29, 1.82) is 0 Å². The molecular weight excluding hydrogens is 352 g/mol. The minimum Gasteiger partial charge on any atom is -0.323 e. The van der Waals surface area contributed by atoms with E-state index in [0.29, 0.717) is 16.9 Å². The molecule has 0 bridgehead atoms. The smallest absolute Gasteiger partial charge is 0.251 e. The summed E-state index contributed by atoms with van der Waals surface area (Å²) in [6.45, 7) is 9.44. The summed E-state index contributed by atoms with van der Waals surface area (Å²) in [6.07, 6.45) is 1.25. The van der Waals surface area contributed by atoms with Gasteiger partial charge in [0.2, 0.25) is 5.91 Å². The Kier molecular flexibility index (Phi) is 6.52. The lowest BCUT2D eigenvalue weighted by molar-refractivity contribution is -0.114. The molecule has 0 atom stereocenters. The van der Waals surface area contributed by atoms with E-state index in [1.54, 1.807) is 31.2 Å². The second-order valence-corrected chi connectivity index (χ2v) is 7.73. The topological polar surface area (TPSA) is 75.3 Å². The molecule has 2 rings (SSSR count). The molecular formula is C23H26N2O3. The van der Waals surface area contributed by atoms with Crippen molar-refractivity contribution < 1.29 is 14.4 Å². The lowest BCUT2D eigenvalue weighted by Crippen LogP contribution is -2.16. The molecule has 146 valence electrons. The Morgan fingerprint density at radius 2 is 1.29 bits per heavy atom. The second-order valence-electron chi connectivity index (χ2n) is 7.73. The van der Waals surface area contributed by atoms with Gasteiger partial charge in [0.05, 0.1) is 0 Å². The minimum absolute atomic E-state index is 0.0407. The highest BCUT2D eigenvalue weighted by Gasteiger charge is 2.13. The summed E-state index contributed by atoms with van der Waals surface area (Å²) in [4.78, 5) is 35.7. The summed E-state index contributed by atoms with van der Waals surface area (Å²) in [5.41, 5.74) is 3.30. The molecule has 0 aliphatic heterocycles. The van der Waals surface area contributed by atoms with Gasteiger partial charge in [-0.1, -0.05) is 32.9 Å². The fraction of sp³-hybridized carbons (Fsp3) is 0.261. The highest BCUT2D eigenvalue weighted by atomic mass is 16.2. The average Bonchev–Trinajstić information content (AvgIpc) is 2.61. The molecule has 0 spiro atoms. The third kappa shape index (κ3) is 5.91. The fourth-order valence-electron chi connectivity index (χ4n) is 2.51. The van der Waals surface area contributed by atoms with E-state index in [0.717, 1.165) is 0 Å². The zero-order valence-electron chi connectivity index (χ0n) is 16.9. The monoisotopic (exact) mass is 378 g/mol. The fourth-order valence-corrected chi connectivity index (χ4v) is 2.51. The van der Waals surface area contributed by atoms with Crippen LogP contribution in [0.3, 0.4) is 0 Å². The maximum Gasteiger partial charge on any atom is 0.251 e. The summed E-state index contributed by atoms with van der Waals surface area (Å²) in [7, 11) is 0. The largest absolute Gasteiger partial charge is 0.323 e. The number of amides is 2. The molecule has 0 fully saturated rings. The van der Waals surface area contributed by atoms with Crippen LogP contribution in [-0.4, -0.2) is 17.6 Å². The van der Waals surface area contributed by atoms with Crippen molar-refractivity contribution in [1.82, 2.24) is 0 Å². The lowest BCUT2D eigenvalue weighted by atomic mass is 9.87. The molecule has 0 radical (unpaired) electrons. The van der Waals surface area contributed by atoms with Crippen molar-refractivity contribution in [2.45, 2.75) is 40.0 Å². The number of ketones is 1. The van der Waals surface area contributed by atoms with Crippen molar-refractivity contribution in [2.24, 2.45) is 0 Å². The molecule has 0 aliphatic carbocycles. The maximum absolute atomic E-state index is 12.3. The first-order valence-corrected chi connectivity index (χ1v) is 9.08. The summed E-state index contributed by atoms with van der Waals surface area (Å²) < 4.78 is 0. The Hall–Kier alpha value is -3.21. The molecule has 5 heteroatoms. The molecule has 2 aromatic rings. The first-order chi connectivity index (χ1) is 13.1. The van der Waals surface area contributed by atoms with Crippen LogP contribution < -0.4 is 10.6 Å². The Balaban J connectivity index is 1.98. The first kappa shape index (κ1) is 21.1. The second kappa shape index (κ2) is 8.65. The van der Waals surface area contributed by atoms with Gasteiger partial charge >= 0.3 is 0 Å². The summed E-state index contributed by atoms with van der Waals surface area (Å²) in [5, 5.41) is 5.46. The van der Waals surface area contributed by atoms with Gasteiger partial charge < -0.3 is 10.6 Å². The van der Waals surface area contributed by atoms with Gasteiger partial charge in [-0.3, -0.25) is 14.4 Å². The Morgan fingerprint density at radius 1 is 0.786 bits per heavy atom. The standard InChI is InChI=1S/C23H26N2O3/c1-15(14-21(27)24-19-10-6-17(7-11-19)16(2)26)22(28)25-20-12-8-18(9-13-20)23(3,4)5/h6-14H,1-5H3,(H,24,27)(H,25,28)/b15-14+. The normalized spacial score (nSPS) is 11.7. The van der Waals surface area contributed by atoms with E-state index in [2.05, 4.69) is 31.4 Å². The zero-order chi connectivity index (χ0) is 20.9. The van der Waals surface area contributed by atoms with Crippen molar-refractivity contribution in [3.05, 3.63) is 71.3 Å². The Labute approximate surface area is 165 Å². The number of carbonyl (C=O) groups excluding carboxylic acids is 3. The van der Waals surface area contributed by atoms with Crippen molar-refractivity contribution >= 4 is 29.0 Å². The number of nitrogens with one attached hydrogen (secondary N) is 2. The minimum atomic E-state index is -0.411. The van der Waals surface area contributed by atoms with Crippen LogP contribution in [0.2, 0.25) is 0 Å². The zero-order valence-corrected chi connectivity index (χ0v) is 16.9. The van der Waals surface area contributed by atoms with E-state index in [-0.39, 0.29) is 22.7 Å². The van der Waals surface area contributed by atoms with Gasteiger partial charge in [-0.2, -0.15) is 0 Å². The third-order valence-electron chi connectivity index (χ3n) is 4.27. The van der Waals surface area contributed by atoms with Crippen LogP contribution in [0.15, 0.2) is 60.2 Å². The number of hydrogen-bond acceptors (Lipinski definition) is 3. The summed E-state index contributed by atoms with van der Waals surface area (Å²) in [6, 6.07) is 14.2. The summed E-state index contributed by atoms with van der Waals surface area (Å²) >= 11 is 0. The van der Waals surface area contributed by atoms with Crippen LogP contribution in [0.4, 0.5) is 11.4 Å². The SMILES string of the molecule is CC(=O)c1ccc(NC(=O)/C=C(\C)C(=O)Nc2ccc(C(C)(C)C)cc2)cc1. The molecule has 0 aromatic heterocycles. The number of rotatable bonds is 5. The van der Waals surface area contributed by atoms with E-state index in [9.17, 15) is 14.4 Å². The van der Waals surface area contributed by atoms with Crippen LogP contribution in [0.1, 0.15) is 50.5 Å². The lowest BCUT2D eigenvalue weighted by Gasteiger charge is -2.19. The molecule has 2 aromatic carbocycles. The predicted molar refractivity (Wildman–Crippen MR) is 113 cm³/mol. The molecule has 0 heterocycles. The number of benzene rings is 2. The maximum atomic E-state index is 12.3. The van der Waals surface area contributed by atoms with E-state index in [1.165, 1.54) is 18.6 Å². The van der Waals surface area contributed by atoms with Crippen molar-refractivity contribution in [3.8, 4) is 0 Å². The average molecular weight is 378 g/mol. The van der Waals surface area contributed by atoms with Crippen molar-refractivity contribution in [2.75, 3.05) is 10.6 Å². The van der Waals surface area contributed by atoms with Gasteiger partial charge in [0.15, 0.2) is 5.78 Å².